The van der Waals surface area contributed by atoms with Gasteiger partial charge in [0, 0.05) is 23.2 Å². The van der Waals surface area contributed by atoms with Crippen LogP contribution in [0.3, 0.4) is 0 Å². The Morgan fingerprint density at radius 2 is 2.04 bits per heavy atom. The van der Waals surface area contributed by atoms with Gasteiger partial charge in [0.25, 0.3) is 5.91 Å². The molecule has 1 aliphatic heterocycles. The van der Waals surface area contributed by atoms with Gasteiger partial charge < -0.3 is 5.32 Å². The van der Waals surface area contributed by atoms with Crippen LogP contribution in [0.15, 0.2) is 28.6 Å². The number of nitrogens with one attached hydrogen (secondary N) is 1. The zero-order chi connectivity index (χ0) is 19.4. The lowest BCUT2D eigenvalue weighted by Crippen LogP contribution is -2.41. The zero-order valence-electron chi connectivity index (χ0n) is 15.1. The number of hydrogen-bond donors (Lipinski definition) is 1. The molecule has 1 aliphatic rings. The van der Waals surface area contributed by atoms with Crippen LogP contribution in [0.4, 0.5) is 5.13 Å². The fraction of sp³-hybridized carbons (Fsp3) is 0.444. The Bertz CT molecular complexity index is 810. The minimum Gasteiger partial charge on any atom is -0.358 e. The quantitative estimate of drug-likeness (QED) is 0.720. The molecule has 2 aromatic rings. The van der Waals surface area contributed by atoms with Crippen LogP contribution >= 0.6 is 34.7 Å². The van der Waals surface area contributed by atoms with Crippen molar-refractivity contribution in [2.24, 2.45) is 0 Å². The first kappa shape index (κ1) is 20.1. The number of halogens is 1. The third-order valence-corrected chi connectivity index (χ3v) is 6.48. The number of anilines is 1. The van der Waals surface area contributed by atoms with Crippen LogP contribution < -0.4 is 5.32 Å². The second-order valence-corrected chi connectivity index (χ2v) is 9.44. The number of imide groups is 1. The predicted octanol–water partition coefficient (Wildman–Crippen LogP) is 4.33. The molecule has 0 bridgehead atoms. The third-order valence-electron chi connectivity index (χ3n) is 4.04. The first-order valence-corrected chi connectivity index (χ1v) is 10.9. The molecule has 6 nitrogen and oxygen atoms in total. The number of thioether (sulfide) groups is 1. The van der Waals surface area contributed by atoms with Gasteiger partial charge in [-0.2, -0.15) is 0 Å². The van der Waals surface area contributed by atoms with Gasteiger partial charge >= 0.3 is 0 Å². The number of benzene rings is 1. The average molecular weight is 425 g/mol. The zero-order valence-corrected chi connectivity index (χ0v) is 17.5. The van der Waals surface area contributed by atoms with E-state index in [1.165, 1.54) is 28.0 Å². The molecule has 27 heavy (non-hydrogen) atoms. The van der Waals surface area contributed by atoms with E-state index < -0.39 is 0 Å². The Morgan fingerprint density at radius 3 is 2.74 bits per heavy atom. The highest BCUT2D eigenvalue weighted by atomic mass is 35.5. The predicted molar refractivity (Wildman–Crippen MR) is 110 cm³/mol. The molecular weight excluding hydrogens is 404 g/mol. The highest BCUT2D eigenvalue weighted by molar-refractivity contribution is 8.02. The molecule has 1 aromatic carbocycles. The molecule has 0 unspecified atom stereocenters. The summed E-state index contributed by atoms with van der Waals surface area (Å²) in [7, 11) is 0. The Labute approximate surface area is 171 Å². The van der Waals surface area contributed by atoms with Crippen LogP contribution in [-0.4, -0.2) is 44.7 Å². The van der Waals surface area contributed by atoms with Crippen molar-refractivity contribution in [2.75, 3.05) is 11.9 Å². The number of nitrogens with zero attached hydrogens (tertiary/aromatic N) is 3. The fourth-order valence-corrected chi connectivity index (χ4v) is 5.12. The number of aromatic nitrogens is 2. The SMILES string of the molecule is CC(C)Nc1nnc(S[C@H]2CCCCN(C(=O)c3ccc(Cl)cc3)C2=O)s1. The summed E-state index contributed by atoms with van der Waals surface area (Å²) in [4.78, 5) is 27.2. The maximum Gasteiger partial charge on any atom is 0.260 e. The normalized spacial score (nSPS) is 17.9. The maximum absolute atomic E-state index is 13.0. The lowest BCUT2D eigenvalue weighted by atomic mass is 10.2. The first-order valence-electron chi connectivity index (χ1n) is 8.82. The summed E-state index contributed by atoms with van der Waals surface area (Å²) in [5.41, 5.74) is 0.470. The Morgan fingerprint density at radius 1 is 1.30 bits per heavy atom. The molecule has 0 spiro atoms. The smallest absolute Gasteiger partial charge is 0.260 e. The molecule has 1 saturated heterocycles. The number of likely N-dealkylation sites (tertiary alicyclic amines) is 1. The van der Waals surface area contributed by atoms with Crippen molar-refractivity contribution in [1.29, 1.82) is 0 Å². The number of hydrogen-bond acceptors (Lipinski definition) is 7. The van der Waals surface area contributed by atoms with Gasteiger partial charge in [-0.1, -0.05) is 41.1 Å². The van der Waals surface area contributed by atoms with Gasteiger partial charge in [-0.05, 0) is 51.0 Å². The second-order valence-electron chi connectivity index (χ2n) is 6.58. The van der Waals surface area contributed by atoms with E-state index >= 15 is 0 Å². The van der Waals surface area contributed by atoms with Gasteiger partial charge in [0.15, 0.2) is 4.34 Å². The Hall–Kier alpha value is -1.64. The lowest BCUT2D eigenvalue weighted by molar-refractivity contribution is -0.127. The molecule has 1 atom stereocenters. The number of carbonyl (C=O) groups excluding carboxylic acids is 2. The van der Waals surface area contributed by atoms with Crippen molar-refractivity contribution in [3.8, 4) is 0 Å². The van der Waals surface area contributed by atoms with Gasteiger partial charge in [0.05, 0.1) is 5.25 Å². The van der Waals surface area contributed by atoms with E-state index in [1.54, 1.807) is 24.3 Å². The standard InChI is InChI=1S/C18H21ClN4O2S2/c1-11(2)20-17-21-22-18(27-17)26-14-5-3-4-10-23(16(14)25)15(24)12-6-8-13(19)9-7-12/h6-9,11,14H,3-5,10H2,1-2H3,(H,20,21)/t14-/m0/s1. The fourth-order valence-electron chi connectivity index (χ4n) is 2.75. The van der Waals surface area contributed by atoms with Crippen molar-refractivity contribution >= 4 is 51.6 Å². The molecule has 2 amide bonds. The minimum atomic E-state index is -0.330. The Kier molecular flexibility index (Phi) is 6.73. The summed E-state index contributed by atoms with van der Waals surface area (Å²) >= 11 is 8.72. The highest BCUT2D eigenvalue weighted by Crippen LogP contribution is 2.34. The van der Waals surface area contributed by atoms with Crippen LogP contribution in [0.2, 0.25) is 5.02 Å². The van der Waals surface area contributed by atoms with E-state index in [2.05, 4.69) is 15.5 Å². The van der Waals surface area contributed by atoms with E-state index in [4.69, 9.17) is 11.6 Å². The molecule has 1 fully saturated rings. The topological polar surface area (TPSA) is 75.2 Å². The largest absolute Gasteiger partial charge is 0.358 e. The summed E-state index contributed by atoms with van der Waals surface area (Å²) in [6, 6.07) is 6.89. The summed E-state index contributed by atoms with van der Waals surface area (Å²) < 4.78 is 0.734. The molecule has 144 valence electrons. The third kappa shape index (κ3) is 5.21. The monoisotopic (exact) mass is 424 g/mol. The minimum absolute atomic E-state index is 0.161. The van der Waals surface area contributed by atoms with E-state index in [-0.39, 0.29) is 23.1 Å². The molecule has 3 rings (SSSR count). The van der Waals surface area contributed by atoms with Crippen molar-refractivity contribution < 1.29 is 9.59 Å². The van der Waals surface area contributed by atoms with Gasteiger partial charge in [-0.3, -0.25) is 14.5 Å². The van der Waals surface area contributed by atoms with Crippen LogP contribution in [0.1, 0.15) is 43.5 Å². The molecular formula is C18H21ClN4O2S2. The van der Waals surface area contributed by atoms with Crippen LogP contribution in [-0.2, 0) is 4.79 Å². The molecule has 0 radical (unpaired) electrons. The van der Waals surface area contributed by atoms with Crippen molar-refractivity contribution in [1.82, 2.24) is 15.1 Å². The molecule has 1 aromatic heterocycles. The van der Waals surface area contributed by atoms with Gasteiger partial charge in [0.1, 0.15) is 0 Å². The van der Waals surface area contributed by atoms with Gasteiger partial charge in [-0.25, -0.2) is 0 Å². The van der Waals surface area contributed by atoms with Crippen molar-refractivity contribution in [3.63, 3.8) is 0 Å². The van der Waals surface area contributed by atoms with Crippen LogP contribution in [0, 0.1) is 0 Å². The lowest BCUT2D eigenvalue weighted by Gasteiger charge is -2.22. The summed E-state index contributed by atoms with van der Waals surface area (Å²) in [5.74, 6) is -0.436. The van der Waals surface area contributed by atoms with E-state index in [9.17, 15) is 9.59 Å². The number of amides is 2. The number of rotatable bonds is 5. The highest BCUT2D eigenvalue weighted by Gasteiger charge is 2.33. The molecule has 1 N–H and O–H groups in total. The molecule has 0 saturated carbocycles. The van der Waals surface area contributed by atoms with Gasteiger partial charge in [-0.15, -0.1) is 10.2 Å². The summed E-state index contributed by atoms with van der Waals surface area (Å²) in [5, 5.41) is 12.5. The van der Waals surface area contributed by atoms with E-state index in [0.29, 0.717) is 17.1 Å². The maximum atomic E-state index is 13.0. The molecule has 9 heteroatoms. The van der Waals surface area contributed by atoms with Gasteiger partial charge in [0.2, 0.25) is 11.0 Å². The van der Waals surface area contributed by atoms with E-state index in [1.807, 2.05) is 13.8 Å². The van der Waals surface area contributed by atoms with Crippen LogP contribution in [0.5, 0.6) is 0 Å². The first-order chi connectivity index (χ1) is 12.9. The number of carbonyl (C=O) groups is 2. The van der Waals surface area contributed by atoms with Crippen molar-refractivity contribution in [3.05, 3.63) is 34.9 Å². The van der Waals surface area contributed by atoms with Crippen LogP contribution in [0.25, 0.3) is 0 Å². The summed E-state index contributed by atoms with van der Waals surface area (Å²) in [6.07, 6.45) is 2.42. The van der Waals surface area contributed by atoms with E-state index in [0.717, 1.165) is 28.7 Å². The van der Waals surface area contributed by atoms with Crippen molar-refractivity contribution in [2.45, 2.75) is 48.7 Å². The average Bonchev–Trinajstić information content (AvgIpc) is 2.98. The second kappa shape index (κ2) is 9.03. The Balaban J connectivity index is 1.72. The molecule has 0 aliphatic carbocycles. The molecule has 2 heterocycles. The summed E-state index contributed by atoms with van der Waals surface area (Å²) in [6.45, 7) is 4.50.